The number of ketones is 1. The fraction of sp³-hybridized carbons (Fsp3) is 0.318. The first-order valence-corrected chi connectivity index (χ1v) is 11.1. The quantitative estimate of drug-likeness (QED) is 0.407. The van der Waals surface area contributed by atoms with E-state index >= 15 is 0 Å². The molecular formula is C22H23N5O2S. The predicted octanol–water partition coefficient (Wildman–Crippen LogP) is 4.39. The molecule has 0 radical (unpaired) electrons. The van der Waals surface area contributed by atoms with E-state index in [2.05, 4.69) is 25.1 Å². The number of pyridine rings is 1. The van der Waals surface area contributed by atoms with Crippen molar-refractivity contribution in [2.45, 2.75) is 43.8 Å². The van der Waals surface area contributed by atoms with E-state index in [0.29, 0.717) is 23.7 Å². The van der Waals surface area contributed by atoms with Crippen LogP contribution in [0.1, 0.15) is 49.0 Å². The normalized spacial score (nSPS) is 13.2. The van der Waals surface area contributed by atoms with Crippen molar-refractivity contribution in [3.05, 3.63) is 54.4 Å². The smallest absolute Gasteiger partial charge is 0.224 e. The molecule has 1 N–H and O–H groups in total. The van der Waals surface area contributed by atoms with Crippen LogP contribution in [-0.2, 0) is 4.79 Å². The van der Waals surface area contributed by atoms with Crippen molar-refractivity contribution < 1.29 is 9.59 Å². The van der Waals surface area contributed by atoms with E-state index in [1.165, 1.54) is 11.8 Å². The van der Waals surface area contributed by atoms with Gasteiger partial charge >= 0.3 is 0 Å². The Morgan fingerprint density at radius 3 is 2.63 bits per heavy atom. The summed E-state index contributed by atoms with van der Waals surface area (Å²) in [6.07, 6.45) is 6.99. The van der Waals surface area contributed by atoms with Gasteiger partial charge in [0.05, 0.1) is 5.75 Å². The third-order valence-corrected chi connectivity index (χ3v) is 5.74. The molecule has 8 heteroatoms. The lowest BCUT2D eigenvalue weighted by Gasteiger charge is -2.09. The molecule has 0 unspecified atom stereocenters. The molecule has 0 saturated heterocycles. The monoisotopic (exact) mass is 421 g/mol. The molecule has 30 heavy (non-hydrogen) atoms. The highest BCUT2D eigenvalue weighted by Gasteiger charge is 2.30. The van der Waals surface area contributed by atoms with Crippen molar-refractivity contribution in [1.82, 2.24) is 19.7 Å². The van der Waals surface area contributed by atoms with Crippen LogP contribution in [0.4, 0.5) is 5.69 Å². The number of hydrogen-bond donors (Lipinski definition) is 1. The molecule has 0 bridgehead atoms. The van der Waals surface area contributed by atoms with E-state index < -0.39 is 0 Å². The standard InChI is InChI=1S/C22H23N5O2S/c1-2-4-20(29)24-17-8-6-15(7-9-17)19(28)14-30-22-26-25-21(27(22)18-10-11-18)16-5-3-12-23-13-16/h3,5-9,12-13,18H,2,4,10-11,14H2,1H3,(H,24,29). The van der Waals surface area contributed by atoms with E-state index in [-0.39, 0.29) is 17.4 Å². The lowest BCUT2D eigenvalue weighted by molar-refractivity contribution is -0.116. The lowest BCUT2D eigenvalue weighted by atomic mass is 10.1. The number of anilines is 1. The van der Waals surface area contributed by atoms with Crippen LogP contribution < -0.4 is 5.32 Å². The Bertz CT molecular complexity index is 1030. The number of nitrogens with zero attached hydrogens (tertiary/aromatic N) is 4. The Labute approximate surface area is 179 Å². The first-order chi connectivity index (χ1) is 14.7. The van der Waals surface area contributed by atoms with Gasteiger partial charge < -0.3 is 5.32 Å². The molecule has 0 atom stereocenters. The van der Waals surface area contributed by atoms with Crippen molar-refractivity contribution in [1.29, 1.82) is 0 Å². The van der Waals surface area contributed by atoms with Crippen molar-refractivity contribution in [2.24, 2.45) is 0 Å². The molecule has 1 aromatic carbocycles. The summed E-state index contributed by atoms with van der Waals surface area (Å²) in [7, 11) is 0. The minimum atomic E-state index is -0.0176. The summed E-state index contributed by atoms with van der Waals surface area (Å²) in [6.45, 7) is 1.96. The predicted molar refractivity (Wildman–Crippen MR) is 117 cm³/mol. The van der Waals surface area contributed by atoms with Crippen LogP contribution >= 0.6 is 11.8 Å². The average molecular weight is 422 g/mol. The molecule has 1 saturated carbocycles. The van der Waals surface area contributed by atoms with Gasteiger partial charge in [-0.2, -0.15) is 0 Å². The van der Waals surface area contributed by atoms with E-state index in [0.717, 1.165) is 35.8 Å². The molecule has 3 aromatic rings. The molecule has 7 nitrogen and oxygen atoms in total. The molecule has 0 spiro atoms. The highest BCUT2D eigenvalue weighted by atomic mass is 32.2. The average Bonchev–Trinajstić information content (AvgIpc) is 3.52. The molecule has 154 valence electrons. The van der Waals surface area contributed by atoms with Crippen molar-refractivity contribution in [3.63, 3.8) is 0 Å². The first kappa shape index (κ1) is 20.3. The second kappa shape index (κ2) is 9.21. The van der Waals surface area contributed by atoms with Crippen LogP contribution in [0.2, 0.25) is 0 Å². The molecule has 1 aliphatic carbocycles. The summed E-state index contributed by atoms with van der Waals surface area (Å²) >= 11 is 1.40. The minimum Gasteiger partial charge on any atom is -0.326 e. The summed E-state index contributed by atoms with van der Waals surface area (Å²) in [5.74, 6) is 1.07. The van der Waals surface area contributed by atoms with Crippen LogP contribution in [0.15, 0.2) is 53.9 Å². The third kappa shape index (κ3) is 4.76. The van der Waals surface area contributed by atoms with Gasteiger partial charge in [0.2, 0.25) is 5.91 Å². The molecular weight excluding hydrogens is 398 g/mol. The Morgan fingerprint density at radius 1 is 1.17 bits per heavy atom. The van der Waals surface area contributed by atoms with Gasteiger partial charge in [-0.3, -0.25) is 19.1 Å². The second-order valence-electron chi connectivity index (χ2n) is 7.24. The number of carbonyl (C=O) groups is 2. The van der Waals surface area contributed by atoms with Gasteiger partial charge in [-0.1, -0.05) is 18.7 Å². The van der Waals surface area contributed by atoms with Crippen molar-refractivity contribution in [2.75, 3.05) is 11.1 Å². The van der Waals surface area contributed by atoms with Crippen molar-refractivity contribution in [3.8, 4) is 11.4 Å². The van der Waals surface area contributed by atoms with Gasteiger partial charge in [0.15, 0.2) is 16.8 Å². The van der Waals surface area contributed by atoms with Gasteiger partial charge in [-0.25, -0.2) is 0 Å². The maximum absolute atomic E-state index is 12.7. The molecule has 4 rings (SSSR count). The molecule has 1 aliphatic rings. The molecule has 2 aromatic heterocycles. The van der Waals surface area contributed by atoms with E-state index in [4.69, 9.17) is 0 Å². The Morgan fingerprint density at radius 2 is 1.97 bits per heavy atom. The van der Waals surface area contributed by atoms with E-state index in [1.807, 2.05) is 19.1 Å². The molecule has 0 aliphatic heterocycles. The summed E-state index contributed by atoms with van der Waals surface area (Å²) in [5, 5.41) is 12.3. The van der Waals surface area contributed by atoms with Gasteiger partial charge in [0.1, 0.15) is 0 Å². The van der Waals surface area contributed by atoms with E-state index in [9.17, 15) is 9.59 Å². The van der Waals surface area contributed by atoms with Gasteiger partial charge in [-0.05, 0) is 55.7 Å². The van der Waals surface area contributed by atoms with E-state index in [1.54, 1.807) is 36.7 Å². The fourth-order valence-electron chi connectivity index (χ4n) is 3.13. The van der Waals surface area contributed by atoms with Gasteiger partial charge in [0, 0.05) is 41.7 Å². The molecule has 1 amide bonds. The van der Waals surface area contributed by atoms with Crippen LogP contribution in [0.5, 0.6) is 0 Å². The number of aromatic nitrogens is 4. The van der Waals surface area contributed by atoms with Crippen LogP contribution in [0.25, 0.3) is 11.4 Å². The third-order valence-electron chi connectivity index (χ3n) is 4.80. The number of benzene rings is 1. The number of thioether (sulfide) groups is 1. The Kier molecular flexibility index (Phi) is 6.23. The number of amides is 1. The lowest BCUT2D eigenvalue weighted by Crippen LogP contribution is -2.11. The fourth-order valence-corrected chi connectivity index (χ4v) is 4.03. The van der Waals surface area contributed by atoms with Gasteiger partial charge in [0.25, 0.3) is 0 Å². The molecule has 2 heterocycles. The zero-order valence-corrected chi connectivity index (χ0v) is 17.6. The number of hydrogen-bond acceptors (Lipinski definition) is 6. The highest BCUT2D eigenvalue weighted by Crippen LogP contribution is 2.41. The van der Waals surface area contributed by atoms with Crippen LogP contribution in [0, 0.1) is 0 Å². The summed E-state index contributed by atoms with van der Waals surface area (Å²) in [6, 6.07) is 11.3. The summed E-state index contributed by atoms with van der Waals surface area (Å²) < 4.78 is 2.13. The Balaban J connectivity index is 1.42. The largest absolute Gasteiger partial charge is 0.326 e. The topological polar surface area (TPSA) is 89.8 Å². The number of carbonyl (C=O) groups excluding carboxylic acids is 2. The zero-order valence-electron chi connectivity index (χ0n) is 16.7. The minimum absolute atomic E-state index is 0.0136. The summed E-state index contributed by atoms with van der Waals surface area (Å²) in [4.78, 5) is 28.5. The van der Waals surface area contributed by atoms with Crippen LogP contribution in [0.3, 0.4) is 0 Å². The number of nitrogens with one attached hydrogen (secondary N) is 1. The maximum Gasteiger partial charge on any atom is 0.224 e. The number of Topliss-reactive ketones (excluding diaryl/α,β-unsaturated/α-hetero) is 1. The molecule has 1 fully saturated rings. The Hall–Kier alpha value is -3.00. The zero-order chi connectivity index (χ0) is 20.9. The second-order valence-corrected chi connectivity index (χ2v) is 8.18. The summed E-state index contributed by atoms with van der Waals surface area (Å²) in [5.41, 5.74) is 2.24. The van der Waals surface area contributed by atoms with Gasteiger partial charge in [-0.15, -0.1) is 10.2 Å². The highest BCUT2D eigenvalue weighted by molar-refractivity contribution is 7.99. The van der Waals surface area contributed by atoms with Crippen LogP contribution in [-0.4, -0.2) is 37.2 Å². The van der Waals surface area contributed by atoms with Crippen molar-refractivity contribution >= 4 is 29.1 Å². The maximum atomic E-state index is 12.7. The SMILES string of the molecule is CCCC(=O)Nc1ccc(C(=O)CSc2nnc(-c3cccnc3)n2C2CC2)cc1. The first-order valence-electron chi connectivity index (χ1n) is 10.1. The number of rotatable bonds is 9.